The number of rotatable bonds is 2. The van der Waals surface area contributed by atoms with Crippen LogP contribution in [0.15, 0.2) is 0 Å². The van der Waals surface area contributed by atoms with Gasteiger partial charge in [0.25, 0.3) is 0 Å². The summed E-state index contributed by atoms with van der Waals surface area (Å²) in [6, 6.07) is 0. The van der Waals surface area contributed by atoms with Gasteiger partial charge in [0.1, 0.15) is 11.9 Å². The smallest absolute Gasteiger partial charge is 0.449 e. The molecule has 0 rings (SSSR count). The Kier molecular flexibility index (Phi) is 10.2. The monoisotopic (exact) mass is 250 g/mol. The van der Waals surface area contributed by atoms with Crippen molar-refractivity contribution in [2.75, 3.05) is 0 Å². The molecule has 0 saturated carbocycles. The molecule has 0 spiro atoms. The van der Waals surface area contributed by atoms with Crippen LogP contribution in [0.2, 0.25) is 0 Å². The van der Waals surface area contributed by atoms with E-state index in [-0.39, 0.29) is 12.3 Å². The Balaban J connectivity index is 0. The van der Waals surface area contributed by atoms with Gasteiger partial charge in [-0.15, -0.1) is 0 Å². The Morgan fingerprint density at radius 1 is 0.929 bits per heavy atom. The van der Waals surface area contributed by atoms with Crippen molar-refractivity contribution in [2.45, 2.75) is 0 Å². The third-order valence-corrected chi connectivity index (χ3v) is 0.830. The van der Waals surface area contributed by atoms with Gasteiger partial charge in [0.15, 0.2) is 0 Å². The summed E-state index contributed by atoms with van der Waals surface area (Å²) >= 11 is 4.11. The van der Waals surface area contributed by atoms with Crippen LogP contribution in [-0.2, 0) is 12.7 Å². The molecule has 0 fully saturated rings. The fraction of sp³-hybridized carbons (Fsp3) is 0. The third kappa shape index (κ3) is 22.4. The molecule has 0 amide bonds. The minimum absolute atomic E-state index is 0.130. The van der Waals surface area contributed by atoms with Crippen LogP contribution in [0, 0.1) is 0 Å². The van der Waals surface area contributed by atoms with E-state index in [9.17, 15) is 9.59 Å². The highest BCUT2D eigenvalue weighted by molar-refractivity contribution is 7.90. The first-order chi connectivity index (χ1) is 6.40. The maximum absolute atomic E-state index is 9.46. The molecule has 0 aliphatic heterocycles. The summed E-state index contributed by atoms with van der Waals surface area (Å²) in [7, 11) is 0. The molecule has 11 heteroatoms. The molecule has 0 aromatic carbocycles. The number of carbonyl (C=O) groups is 3. The van der Waals surface area contributed by atoms with E-state index in [4.69, 9.17) is 20.1 Å². The van der Waals surface area contributed by atoms with Crippen LogP contribution in [0.1, 0.15) is 0 Å². The zero-order valence-corrected chi connectivity index (χ0v) is 7.65. The van der Waals surface area contributed by atoms with E-state index >= 15 is 0 Å². The van der Waals surface area contributed by atoms with Crippen LogP contribution in [-0.4, -0.2) is 33.8 Å². The summed E-state index contributed by atoms with van der Waals surface area (Å²) < 4.78 is 10.3. The van der Waals surface area contributed by atoms with Crippen LogP contribution in [0.5, 0.6) is 0 Å². The Bertz CT molecular complexity index is 190. The Hall–Kier alpha value is -1.55. The molecule has 0 unspecified atom stereocenters. The summed E-state index contributed by atoms with van der Waals surface area (Å²) in [5.74, 6) is 0. The van der Waals surface area contributed by atoms with Crippen LogP contribution in [0.3, 0.4) is 0 Å². The normalized spacial score (nSPS) is 7.50. The SMILES string of the molecule is O=C(O)OCl.O=C(O)OSOC(=O)O. The summed E-state index contributed by atoms with van der Waals surface area (Å²) in [6.07, 6.45) is -4.70. The Morgan fingerprint density at radius 3 is 1.36 bits per heavy atom. The highest BCUT2D eigenvalue weighted by atomic mass is 35.5. The van der Waals surface area contributed by atoms with Crippen molar-refractivity contribution in [3.63, 3.8) is 0 Å². The van der Waals surface area contributed by atoms with E-state index in [1.165, 1.54) is 0 Å². The lowest BCUT2D eigenvalue weighted by molar-refractivity contribution is 0.137. The fourth-order valence-corrected chi connectivity index (χ4v) is 0.226. The molecular formula is C3H3ClO9S. The first-order valence-corrected chi connectivity index (χ1v) is 3.36. The van der Waals surface area contributed by atoms with E-state index in [2.05, 4.69) is 24.5 Å². The van der Waals surface area contributed by atoms with Crippen molar-refractivity contribution in [1.29, 1.82) is 0 Å². The number of hydrogen-bond donors (Lipinski definition) is 3. The largest absolute Gasteiger partial charge is 0.524 e. The maximum Gasteiger partial charge on any atom is 0.524 e. The molecule has 14 heavy (non-hydrogen) atoms. The lowest BCUT2D eigenvalue weighted by Gasteiger charge is -1.91. The molecule has 9 nitrogen and oxygen atoms in total. The molecule has 0 aromatic heterocycles. The molecule has 0 aromatic rings. The van der Waals surface area contributed by atoms with Crippen LogP contribution >= 0.6 is 24.2 Å². The first-order valence-electron chi connectivity index (χ1n) is 2.38. The lowest BCUT2D eigenvalue weighted by atomic mass is 11.5. The molecule has 0 aliphatic rings. The van der Waals surface area contributed by atoms with Gasteiger partial charge in [-0.1, -0.05) is 0 Å². The van der Waals surface area contributed by atoms with Gasteiger partial charge in [-0.3, -0.25) is 0 Å². The molecular weight excluding hydrogens is 248 g/mol. The van der Waals surface area contributed by atoms with Gasteiger partial charge in [-0.25, -0.2) is 14.4 Å². The second-order valence-electron chi connectivity index (χ2n) is 1.11. The average molecular weight is 251 g/mol. The molecule has 0 heterocycles. The summed E-state index contributed by atoms with van der Waals surface area (Å²) in [6.45, 7) is 0. The minimum Gasteiger partial charge on any atom is -0.449 e. The lowest BCUT2D eigenvalue weighted by Crippen LogP contribution is -1.96. The first kappa shape index (κ1) is 14.9. The van der Waals surface area contributed by atoms with Gasteiger partial charge < -0.3 is 28.0 Å². The zero-order valence-electron chi connectivity index (χ0n) is 6.08. The van der Waals surface area contributed by atoms with Crippen molar-refractivity contribution in [1.82, 2.24) is 0 Å². The zero-order chi connectivity index (χ0) is 11.6. The molecule has 82 valence electrons. The summed E-state index contributed by atoms with van der Waals surface area (Å²) in [5, 5.41) is 22.8. The Morgan fingerprint density at radius 2 is 1.21 bits per heavy atom. The van der Waals surface area contributed by atoms with Gasteiger partial charge in [0, 0.05) is 0 Å². The third-order valence-electron chi connectivity index (χ3n) is 0.277. The molecule has 3 N–H and O–H groups in total. The molecule has 0 aliphatic carbocycles. The number of hydrogen-bond acceptors (Lipinski definition) is 7. The second kappa shape index (κ2) is 9.54. The number of carboxylic acid groups (broad SMARTS) is 3. The van der Waals surface area contributed by atoms with Crippen molar-refractivity contribution in [3.8, 4) is 0 Å². The van der Waals surface area contributed by atoms with Crippen LogP contribution in [0.4, 0.5) is 14.4 Å². The van der Waals surface area contributed by atoms with Gasteiger partial charge in [-0.2, -0.15) is 0 Å². The van der Waals surface area contributed by atoms with E-state index in [0.717, 1.165) is 0 Å². The standard InChI is InChI=1S/C2H2O6S.CHClO3/c3-1(4)7-9-8-2(5)6;2-5-1(3)4/h(H,3,4)(H,5,6);(H,3,4). The van der Waals surface area contributed by atoms with E-state index in [0.29, 0.717) is 0 Å². The van der Waals surface area contributed by atoms with Gasteiger partial charge in [-0.05, 0) is 0 Å². The van der Waals surface area contributed by atoms with Crippen LogP contribution < -0.4 is 0 Å². The minimum atomic E-state index is -1.61. The van der Waals surface area contributed by atoms with Crippen molar-refractivity contribution in [3.05, 3.63) is 0 Å². The highest BCUT2D eigenvalue weighted by Gasteiger charge is 2.02. The van der Waals surface area contributed by atoms with Gasteiger partial charge in [0.2, 0.25) is 0 Å². The summed E-state index contributed by atoms with van der Waals surface area (Å²) in [5.41, 5.74) is 0. The van der Waals surface area contributed by atoms with Gasteiger partial charge >= 0.3 is 30.8 Å². The highest BCUT2D eigenvalue weighted by Crippen LogP contribution is 2.03. The molecule has 0 radical (unpaired) electrons. The Labute approximate surface area is 85.7 Å². The predicted octanol–water partition coefficient (Wildman–Crippen LogP) is 1.77. The van der Waals surface area contributed by atoms with E-state index in [1.807, 2.05) is 0 Å². The number of halogens is 1. The fourth-order valence-electron chi connectivity index (χ4n) is 0.0752. The van der Waals surface area contributed by atoms with Crippen molar-refractivity contribution < 1.29 is 42.4 Å². The topological polar surface area (TPSA) is 140 Å². The second-order valence-corrected chi connectivity index (χ2v) is 1.73. The quantitative estimate of drug-likeness (QED) is 0.621. The van der Waals surface area contributed by atoms with Crippen LogP contribution in [0.25, 0.3) is 0 Å². The molecule has 0 bridgehead atoms. The van der Waals surface area contributed by atoms with Crippen molar-refractivity contribution in [2.24, 2.45) is 0 Å². The van der Waals surface area contributed by atoms with E-state index in [1.54, 1.807) is 0 Å². The van der Waals surface area contributed by atoms with E-state index < -0.39 is 18.5 Å². The predicted molar refractivity (Wildman–Crippen MR) is 40.8 cm³/mol. The average Bonchev–Trinajstić information content (AvgIpc) is 2.04. The maximum atomic E-state index is 9.46. The van der Waals surface area contributed by atoms with Gasteiger partial charge in [0.05, 0.1) is 0 Å². The molecule has 0 saturated heterocycles. The summed E-state index contributed by atoms with van der Waals surface area (Å²) in [4.78, 5) is 27.9. The van der Waals surface area contributed by atoms with Crippen molar-refractivity contribution >= 4 is 42.7 Å². The molecule has 0 atom stereocenters.